The van der Waals surface area contributed by atoms with Crippen LogP contribution in [0.3, 0.4) is 0 Å². The van der Waals surface area contributed by atoms with Gasteiger partial charge in [-0.25, -0.2) is 17.2 Å². The third-order valence-electron chi connectivity index (χ3n) is 4.53. The first kappa shape index (κ1) is 17.8. The smallest absolute Gasteiger partial charge is 0.238 e. The number of benzene rings is 1. The molecule has 1 N–H and O–H groups in total. The molecule has 128 valence electrons. The maximum atomic E-state index is 14.3. The molecule has 7 heteroatoms. The van der Waals surface area contributed by atoms with Crippen LogP contribution in [-0.2, 0) is 20.2 Å². The van der Waals surface area contributed by atoms with Gasteiger partial charge < -0.3 is 5.32 Å². The molecule has 1 amide bonds. The molecule has 0 bridgehead atoms. The standard InChI is InChI=1S/C16H21F2NO3S/c1-11(23(2,21)22)15(20)19-16(8-4-3-5-9-16)13-7-6-12(17)10-14(13)18/h6-7,10-11H,3-5,8-9H2,1-2H3,(H,19,20)/t11-/m1/s1. The second-order valence-electron chi connectivity index (χ2n) is 6.23. The fourth-order valence-corrected chi connectivity index (χ4v) is 3.47. The summed E-state index contributed by atoms with van der Waals surface area (Å²) in [6, 6.07) is 3.28. The van der Waals surface area contributed by atoms with Crippen LogP contribution in [0.4, 0.5) is 8.78 Å². The van der Waals surface area contributed by atoms with Crippen LogP contribution in [0, 0.1) is 11.6 Å². The number of nitrogens with one attached hydrogen (secondary N) is 1. The fourth-order valence-electron chi connectivity index (χ4n) is 3.03. The second kappa shape index (κ2) is 6.55. The monoisotopic (exact) mass is 345 g/mol. The number of amides is 1. The summed E-state index contributed by atoms with van der Waals surface area (Å²) >= 11 is 0. The highest BCUT2D eigenvalue weighted by molar-refractivity contribution is 7.92. The third-order valence-corrected chi connectivity index (χ3v) is 6.03. The van der Waals surface area contributed by atoms with Gasteiger partial charge in [-0.1, -0.05) is 25.3 Å². The Balaban J connectivity index is 2.38. The van der Waals surface area contributed by atoms with Crippen molar-refractivity contribution in [2.24, 2.45) is 0 Å². The molecule has 4 nitrogen and oxygen atoms in total. The SMILES string of the molecule is C[C@H](C(=O)NC1(c2ccc(F)cc2F)CCCCC1)S(C)(=O)=O. The lowest BCUT2D eigenvalue weighted by atomic mass is 9.76. The van der Waals surface area contributed by atoms with Crippen LogP contribution in [-0.4, -0.2) is 25.8 Å². The second-order valence-corrected chi connectivity index (χ2v) is 8.59. The van der Waals surface area contributed by atoms with E-state index in [0.717, 1.165) is 37.7 Å². The van der Waals surface area contributed by atoms with Gasteiger partial charge in [0.05, 0.1) is 5.54 Å². The Morgan fingerprint density at radius 3 is 2.35 bits per heavy atom. The number of halogens is 2. The molecule has 0 aromatic heterocycles. The van der Waals surface area contributed by atoms with Crippen molar-refractivity contribution in [3.8, 4) is 0 Å². The molecule has 1 aliphatic carbocycles. The summed E-state index contributed by atoms with van der Waals surface area (Å²) in [5.74, 6) is -2.06. The molecule has 1 saturated carbocycles. The lowest BCUT2D eigenvalue weighted by molar-refractivity contribution is -0.123. The molecule has 23 heavy (non-hydrogen) atoms. The first-order chi connectivity index (χ1) is 10.7. The minimum atomic E-state index is -3.54. The molecule has 1 aromatic rings. The Bertz CT molecular complexity index is 697. The Labute approximate surface area is 135 Å². The average Bonchev–Trinajstić information content (AvgIpc) is 2.46. The van der Waals surface area contributed by atoms with Crippen LogP contribution in [0.2, 0.25) is 0 Å². The largest absolute Gasteiger partial charge is 0.345 e. The molecule has 2 rings (SSSR count). The zero-order valence-electron chi connectivity index (χ0n) is 13.2. The molecule has 1 aliphatic rings. The van der Waals surface area contributed by atoms with E-state index < -0.39 is 38.2 Å². The molecule has 0 unspecified atom stereocenters. The van der Waals surface area contributed by atoms with Gasteiger partial charge in [0.25, 0.3) is 0 Å². The van der Waals surface area contributed by atoms with E-state index in [4.69, 9.17) is 0 Å². The van der Waals surface area contributed by atoms with Gasteiger partial charge in [0.1, 0.15) is 16.9 Å². The summed E-state index contributed by atoms with van der Waals surface area (Å²) < 4.78 is 50.6. The van der Waals surface area contributed by atoms with Crippen molar-refractivity contribution in [3.63, 3.8) is 0 Å². The maximum Gasteiger partial charge on any atom is 0.238 e. The number of hydrogen-bond acceptors (Lipinski definition) is 3. The zero-order valence-corrected chi connectivity index (χ0v) is 14.1. The molecule has 1 fully saturated rings. The van der Waals surface area contributed by atoms with Gasteiger partial charge in [-0.05, 0) is 25.8 Å². The zero-order chi connectivity index (χ0) is 17.3. The predicted molar refractivity (Wildman–Crippen MR) is 83.6 cm³/mol. The number of rotatable bonds is 4. The maximum absolute atomic E-state index is 14.3. The summed E-state index contributed by atoms with van der Waals surface area (Å²) in [4.78, 5) is 12.3. The van der Waals surface area contributed by atoms with Crippen LogP contribution in [0.25, 0.3) is 0 Å². The van der Waals surface area contributed by atoms with Crippen molar-refractivity contribution in [2.45, 2.75) is 49.8 Å². The summed E-state index contributed by atoms with van der Waals surface area (Å²) in [5.41, 5.74) is -0.765. The van der Waals surface area contributed by atoms with Gasteiger partial charge in [-0.2, -0.15) is 0 Å². The molecule has 0 heterocycles. The number of sulfone groups is 1. The van der Waals surface area contributed by atoms with Crippen LogP contribution >= 0.6 is 0 Å². The first-order valence-electron chi connectivity index (χ1n) is 7.62. The highest BCUT2D eigenvalue weighted by Gasteiger charge is 2.39. The van der Waals surface area contributed by atoms with Gasteiger partial charge in [0, 0.05) is 17.9 Å². The summed E-state index contributed by atoms with van der Waals surface area (Å²) in [7, 11) is -3.54. The van der Waals surface area contributed by atoms with Crippen molar-refractivity contribution in [1.29, 1.82) is 0 Å². The predicted octanol–water partition coefficient (Wildman–Crippen LogP) is 2.67. The highest BCUT2D eigenvalue weighted by atomic mass is 32.2. The molecule has 0 aliphatic heterocycles. The molecule has 0 saturated heterocycles. The van der Waals surface area contributed by atoms with Crippen molar-refractivity contribution in [1.82, 2.24) is 5.32 Å². The molecule has 0 radical (unpaired) electrons. The topological polar surface area (TPSA) is 63.2 Å². The molecular formula is C16H21F2NO3S. The minimum absolute atomic E-state index is 0.215. The number of carbonyl (C=O) groups is 1. The van der Waals surface area contributed by atoms with E-state index in [2.05, 4.69) is 5.32 Å². The van der Waals surface area contributed by atoms with E-state index in [1.165, 1.54) is 13.0 Å². The van der Waals surface area contributed by atoms with Crippen LogP contribution < -0.4 is 5.32 Å². The van der Waals surface area contributed by atoms with Gasteiger partial charge in [-0.15, -0.1) is 0 Å². The lowest BCUT2D eigenvalue weighted by Crippen LogP contribution is -2.51. The number of hydrogen-bond donors (Lipinski definition) is 1. The summed E-state index contributed by atoms with van der Waals surface area (Å²) in [5, 5.41) is 1.52. The quantitative estimate of drug-likeness (QED) is 0.912. The summed E-state index contributed by atoms with van der Waals surface area (Å²) in [6.07, 6.45) is 4.51. The van der Waals surface area contributed by atoms with E-state index in [1.807, 2.05) is 0 Å². The van der Waals surface area contributed by atoms with Gasteiger partial charge >= 0.3 is 0 Å². The normalized spacial score (nSPS) is 19.1. The van der Waals surface area contributed by atoms with Gasteiger partial charge in [-0.3, -0.25) is 4.79 Å². The Morgan fingerprint density at radius 2 is 1.83 bits per heavy atom. The third kappa shape index (κ3) is 3.88. The van der Waals surface area contributed by atoms with Crippen LogP contribution in [0.5, 0.6) is 0 Å². The van der Waals surface area contributed by atoms with Crippen LogP contribution in [0.15, 0.2) is 18.2 Å². The Kier molecular flexibility index (Phi) is 5.08. The Morgan fingerprint density at radius 1 is 1.22 bits per heavy atom. The van der Waals surface area contributed by atoms with Crippen molar-refractivity contribution in [3.05, 3.63) is 35.4 Å². The average molecular weight is 345 g/mol. The van der Waals surface area contributed by atoms with Crippen molar-refractivity contribution >= 4 is 15.7 Å². The van der Waals surface area contributed by atoms with Crippen molar-refractivity contribution < 1.29 is 22.0 Å². The van der Waals surface area contributed by atoms with Crippen molar-refractivity contribution in [2.75, 3.05) is 6.26 Å². The molecule has 1 atom stereocenters. The van der Waals surface area contributed by atoms with E-state index in [-0.39, 0.29) is 5.56 Å². The van der Waals surface area contributed by atoms with E-state index in [9.17, 15) is 22.0 Å². The molecule has 0 spiro atoms. The number of carbonyl (C=O) groups excluding carboxylic acids is 1. The van der Waals surface area contributed by atoms with E-state index in [0.29, 0.717) is 12.8 Å². The highest BCUT2D eigenvalue weighted by Crippen LogP contribution is 2.38. The van der Waals surface area contributed by atoms with Gasteiger partial charge in [0.15, 0.2) is 9.84 Å². The molecule has 1 aromatic carbocycles. The van der Waals surface area contributed by atoms with E-state index >= 15 is 0 Å². The minimum Gasteiger partial charge on any atom is -0.345 e. The molecular weight excluding hydrogens is 324 g/mol. The first-order valence-corrected chi connectivity index (χ1v) is 9.58. The fraction of sp³-hybridized carbons (Fsp3) is 0.562. The van der Waals surface area contributed by atoms with Gasteiger partial charge in [0.2, 0.25) is 5.91 Å². The van der Waals surface area contributed by atoms with Crippen LogP contribution in [0.1, 0.15) is 44.6 Å². The lowest BCUT2D eigenvalue weighted by Gasteiger charge is -2.39. The van der Waals surface area contributed by atoms with E-state index in [1.54, 1.807) is 0 Å². The summed E-state index contributed by atoms with van der Waals surface area (Å²) in [6.45, 7) is 1.31. The Hall–Kier alpha value is -1.50.